The van der Waals surface area contributed by atoms with E-state index in [9.17, 15) is 9.59 Å². The van der Waals surface area contributed by atoms with Crippen LogP contribution in [0.5, 0.6) is 5.75 Å². The molecule has 0 spiro atoms. The maximum absolute atomic E-state index is 13.0. The van der Waals surface area contributed by atoms with Gasteiger partial charge in [-0.25, -0.2) is 0 Å². The summed E-state index contributed by atoms with van der Waals surface area (Å²) in [5.41, 5.74) is 1.72. The number of aromatic nitrogens is 1. The molecule has 0 radical (unpaired) electrons. The highest BCUT2D eigenvalue weighted by molar-refractivity contribution is 5.94. The Kier molecular flexibility index (Phi) is 6.86. The molecule has 1 fully saturated rings. The van der Waals surface area contributed by atoms with E-state index in [2.05, 4.69) is 18.8 Å². The maximum atomic E-state index is 13.0. The Morgan fingerprint density at radius 2 is 1.59 bits per heavy atom. The summed E-state index contributed by atoms with van der Waals surface area (Å²) >= 11 is 0. The van der Waals surface area contributed by atoms with Crippen molar-refractivity contribution in [1.82, 2.24) is 14.8 Å². The van der Waals surface area contributed by atoms with E-state index in [0.717, 1.165) is 17.7 Å². The van der Waals surface area contributed by atoms with Crippen molar-refractivity contribution in [3.63, 3.8) is 0 Å². The number of rotatable bonds is 5. The summed E-state index contributed by atoms with van der Waals surface area (Å²) in [6.45, 7) is 8.30. The largest absolute Gasteiger partial charge is 0.481 e. The first-order valence-corrected chi connectivity index (χ1v) is 10.2. The molecule has 1 aliphatic heterocycles. The van der Waals surface area contributed by atoms with Gasteiger partial charge in [-0.15, -0.1) is 0 Å². The van der Waals surface area contributed by atoms with E-state index in [1.54, 1.807) is 31.5 Å². The van der Waals surface area contributed by atoms with Crippen LogP contribution in [0.4, 0.5) is 0 Å². The number of pyridine rings is 1. The zero-order chi connectivity index (χ0) is 20.8. The topological polar surface area (TPSA) is 62.7 Å². The number of carbonyl (C=O) groups is 2. The van der Waals surface area contributed by atoms with Gasteiger partial charge in [0, 0.05) is 44.1 Å². The fraction of sp³-hybridized carbons (Fsp3) is 0.435. The Morgan fingerprint density at radius 1 is 0.931 bits per heavy atom. The van der Waals surface area contributed by atoms with Gasteiger partial charge in [0.25, 0.3) is 11.8 Å². The minimum atomic E-state index is -0.572. The molecule has 3 rings (SSSR count). The van der Waals surface area contributed by atoms with Gasteiger partial charge in [-0.1, -0.05) is 32.0 Å². The van der Waals surface area contributed by atoms with Crippen LogP contribution in [0.15, 0.2) is 48.8 Å². The lowest BCUT2D eigenvalue weighted by atomic mass is 10.0. The van der Waals surface area contributed by atoms with Gasteiger partial charge in [-0.3, -0.25) is 14.6 Å². The van der Waals surface area contributed by atoms with Crippen molar-refractivity contribution in [3.05, 3.63) is 59.9 Å². The highest BCUT2D eigenvalue weighted by Crippen LogP contribution is 2.27. The molecular formula is C23H29N3O3. The van der Waals surface area contributed by atoms with Gasteiger partial charge >= 0.3 is 0 Å². The summed E-state index contributed by atoms with van der Waals surface area (Å²) in [4.78, 5) is 33.2. The van der Waals surface area contributed by atoms with E-state index < -0.39 is 6.10 Å². The lowest BCUT2D eigenvalue weighted by Crippen LogP contribution is -2.43. The van der Waals surface area contributed by atoms with Gasteiger partial charge in [0.1, 0.15) is 5.75 Å². The van der Waals surface area contributed by atoms with Gasteiger partial charge in [0.05, 0.1) is 0 Å². The van der Waals surface area contributed by atoms with Crippen molar-refractivity contribution in [2.45, 2.75) is 39.2 Å². The quantitative estimate of drug-likeness (QED) is 0.779. The number of amides is 2. The molecule has 1 aromatic carbocycles. The van der Waals surface area contributed by atoms with E-state index in [4.69, 9.17) is 4.74 Å². The summed E-state index contributed by atoms with van der Waals surface area (Å²) in [6, 6.07) is 11.3. The molecule has 2 heterocycles. The minimum Gasteiger partial charge on any atom is -0.481 e. The van der Waals surface area contributed by atoms with Crippen LogP contribution in [0.3, 0.4) is 0 Å². The predicted octanol–water partition coefficient (Wildman–Crippen LogP) is 3.35. The fourth-order valence-electron chi connectivity index (χ4n) is 3.58. The fourth-order valence-corrected chi connectivity index (χ4v) is 3.58. The van der Waals surface area contributed by atoms with Gasteiger partial charge in [-0.05, 0) is 43.0 Å². The van der Waals surface area contributed by atoms with Crippen LogP contribution in [0.2, 0.25) is 0 Å². The predicted molar refractivity (Wildman–Crippen MR) is 112 cm³/mol. The summed E-state index contributed by atoms with van der Waals surface area (Å²) in [5.74, 6) is 1.02. The Balaban J connectivity index is 1.61. The highest BCUT2D eigenvalue weighted by atomic mass is 16.5. The standard InChI is InChI=1S/C23H29N3O3/c1-17(2)20-7-4-5-8-21(20)29-18(3)22(27)25-13-6-14-26(16-15-25)23(28)19-9-11-24-12-10-19/h4-5,7-12,17-18H,6,13-16H2,1-3H3. The van der Waals surface area contributed by atoms with Crippen molar-refractivity contribution in [2.24, 2.45) is 0 Å². The van der Waals surface area contributed by atoms with E-state index in [1.807, 2.05) is 34.1 Å². The Morgan fingerprint density at radius 3 is 2.31 bits per heavy atom. The summed E-state index contributed by atoms with van der Waals surface area (Å²) < 4.78 is 6.03. The first-order chi connectivity index (χ1) is 14.0. The normalized spacial score (nSPS) is 15.7. The third kappa shape index (κ3) is 5.13. The molecule has 1 aliphatic rings. The molecule has 1 atom stereocenters. The summed E-state index contributed by atoms with van der Waals surface area (Å²) in [5, 5.41) is 0. The van der Waals surface area contributed by atoms with E-state index in [1.165, 1.54) is 0 Å². The van der Waals surface area contributed by atoms with Crippen molar-refractivity contribution in [3.8, 4) is 5.75 Å². The van der Waals surface area contributed by atoms with Crippen LogP contribution in [-0.2, 0) is 4.79 Å². The molecule has 29 heavy (non-hydrogen) atoms. The van der Waals surface area contributed by atoms with Crippen LogP contribution in [-0.4, -0.2) is 58.9 Å². The number of nitrogens with zero attached hydrogens (tertiary/aromatic N) is 3. The molecule has 0 bridgehead atoms. The average molecular weight is 396 g/mol. The zero-order valence-electron chi connectivity index (χ0n) is 17.4. The van der Waals surface area contributed by atoms with Crippen LogP contribution < -0.4 is 4.74 Å². The van der Waals surface area contributed by atoms with Crippen molar-refractivity contribution in [2.75, 3.05) is 26.2 Å². The van der Waals surface area contributed by atoms with Gasteiger partial charge < -0.3 is 14.5 Å². The average Bonchev–Trinajstić information content (AvgIpc) is 2.99. The molecule has 6 heteroatoms. The second-order valence-corrected chi connectivity index (χ2v) is 7.66. The third-order valence-corrected chi connectivity index (χ3v) is 5.21. The lowest BCUT2D eigenvalue weighted by Gasteiger charge is -2.26. The number of hydrogen-bond acceptors (Lipinski definition) is 4. The molecule has 1 aromatic heterocycles. The second kappa shape index (κ2) is 9.54. The van der Waals surface area contributed by atoms with Crippen molar-refractivity contribution in [1.29, 1.82) is 0 Å². The number of para-hydroxylation sites is 1. The SMILES string of the molecule is CC(Oc1ccccc1C(C)C)C(=O)N1CCCN(C(=O)c2ccncc2)CC1. The molecule has 1 saturated heterocycles. The lowest BCUT2D eigenvalue weighted by molar-refractivity contribution is -0.137. The van der Waals surface area contributed by atoms with Crippen molar-refractivity contribution < 1.29 is 14.3 Å². The molecular weight excluding hydrogens is 366 g/mol. The summed E-state index contributed by atoms with van der Waals surface area (Å²) in [7, 11) is 0. The number of ether oxygens (including phenoxy) is 1. The second-order valence-electron chi connectivity index (χ2n) is 7.66. The van der Waals surface area contributed by atoms with Gasteiger partial charge in [0.15, 0.2) is 6.10 Å². The number of benzene rings is 1. The maximum Gasteiger partial charge on any atom is 0.263 e. The third-order valence-electron chi connectivity index (χ3n) is 5.21. The molecule has 0 aliphatic carbocycles. The van der Waals surface area contributed by atoms with Gasteiger partial charge in [-0.2, -0.15) is 0 Å². The number of hydrogen-bond donors (Lipinski definition) is 0. The molecule has 2 amide bonds. The van der Waals surface area contributed by atoms with Crippen molar-refractivity contribution >= 4 is 11.8 Å². The first kappa shape index (κ1) is 20.8. The Hall–Kier alpha value is -2.89. The van der Waals surface area contributed by atoms with Crippen LogP contribution >= 0.6 is 0 Å². The molecule has 2 aromatic rings. The first-order valence-electron chi connectivity index (χ1n) is 10.2. The molecule has 154 valence electrons. The van der Waals surface area contributed by atoms with Crippen LogP contribution in [0, 0.1) is 0 Å². The molecule has 0 N–H and O–H groups in total. The Bertz CT molecular complexity index is 838. The monoisotopic (exact) mass is 395 g/mol. The Labute approximate surface area is 172 Å². The minimum absolute atomic E-state index is 0.0168. The van der Waals surface area contributed by atoms with Crippen LogP contribution in [0.25, 0.3) is 0 Å². The van der Waals surface area contributed by atoms with E-state index >= 15 is 0 Å². The molecule has 1 unspecified atom stereocenters. The van der Waals surface area contributed by atoms with E-state index in [0.29, 0.717) is 37.7 Å². The van der Waals surface area contributed by atoms with E-state index in [-0.39, 0.29) is 11.8 Å². The highest BCUT2D eigenvalue weighted by Gasteiger charge is 2.27. The van der Waals surface area contributed by atoms with Gasteiger partial charge in [0.2, 0.25) is 0 Å². The summed E-state index contributed by atoms with van der Waals surface area (Å²) in [6.07, 6.45) is 3.42. The molecule has 0 saturated carbocycles. The smallest absolute Gasteiger partial charge is 0.263 e. The van der Waals surface area contributed by atoms with Crippen LogP contribution in [0.1, 0.15) is 49.0 Å². The molecule has 6 nitrogen and oxygen atoms in total. The number of carbonyl (C=O) groups excluding carboxylic acids is 2. The zero-order valence-corrected chi connectivity index (χ0v) is 17.4.